The molecule has 7 heteroatoms. The zero-order valence-electron chi connectivity index (χ0n) is 12.1. The van der Waals surface area contributed by atoms with Gasteiger partial charge in [0, 0.05) is 18.1 Å². The Hall–Kier alpha value is -1.73. The Labute approximate surface area is 142 Å². The molecule has 0 saturated heterocycles. The van der Waals surface area contributed by atoms with E-state index in [2.05, 4.69) is 10.6 Å². The van der Waals surface area contributed by atoms with Crippen molar-refractivity contribution in [3.63, 3.8) is 0 Å². The van der Waals surface area contributed by atoms with Gasteiger partial charge >= 0.3 is 0 Å². The summed E-state index contributed by atoms with van der Waals surface area (Å²) < 4.78 is 40.3. The van der Waals surface area contributed by atoms with Gasteiger partial charge in [-0.1, -0.05) is 24.3 Å². The third-order valence-electron chi connectivity index (χ3n) is 2.95. The highest BCUT2D eigenvalue weighted by atomic mass is 32.2. The summed E-state index contributed by atoms with van der Waals surface area (Å²) in [5.41, 5.74) is 0.371. The van der Waals surface area contributed by atoms with Crippen LogP contribution in [0.1, 0.15) is 5.56 Å². The molecule has 0 aliphatic carbocycles. The molecule has 0 fully saturated rings. The van der Waals surface area contributed by atoms with Crippen molar-refractivity contribution < 1.29 is 13.2 Å². The number of halogens is 3. The van der Waals surface area contributed by atoms with Crippen LogP contribution in [0.4, 0.5) is 18.9 Å². The summed E-state index contributed by atoms with van der Waals surface area (Å²) in [7, 11) is 0. The zero-order chi connectivity index (χ0) is 16.7. The van der Waals surface area contributed by atoms with Crippen LogP contribution in [0.5, 0.6) is 0 Å². The van der Waals surface area contributed by atoms with Gasteiger partial charge in [0.05, 0.1) is 0 Å². The number of thioether (sulfide) groups is 1. The van der Waals surface area contributed by atoms with Gasteiger partial charge in [-0.05, 0) is 36.0 Å². The van der Waals surface area contributed by atoms with Crippen molar-refractivity contribution in [2.75, 3.05) is 17.6 Å². The predicted molar refractivity (Wildman–Crippen MR) is 93.1 cm³/mol. The lowest BCUT2D eigenvalue weighted by Crippen LogP contribution is -2.31. The van der Waals surface area contributed by atoms with Gasteiger partial charge in [-0.2, -0.15) is 11.8 Å². The van der Waals surface area contributed by atoms with Crippen molar-refractivity contribution in [3.05, 3.63) is 65.5 Å². The largest absolute Gasteiger partial charge is 0.362 e. The summed E-state index contributed by atoms with van der Waals surface area (Å²) in [6.45, 7) is 0.501. The molecule has 0 spiro atoms. The monoisotopic (exact) mass is 356 g/mol. The van der Waals surface area contributed by atoms with Gasteiger partial charge in [-0.25, -0.2) is 13.2 Å². The van der Waals surface area contributed by atoms with Crippen molar-refractivity contribution in [2.45, 2.75) is 5.75 Å². The van der Waals surface area contributed by atoms with E-state index in [1.807, 2.05) is 0 Å². The summed E-state index contributed by atoms with van der Waals surface area (Å²) in [5, 5.41) is 5.50. The van der Waals surface area contributed by atoms with E-state index in [0.29, 0.717) is 23.6 Å². The van der Waals surface area contributed by atoms with E-state index in [1.165, 1.54) is 23.9 Å². The van der Waals surface area contributed by atoms with Crippen LogP contribution in [0.15, 0.2) is 42.5 Å². The second kappa shape index (κ2) is 8.79. The average Bonchev–Trinajstić information content (AvgIpc) is 2.52. The van der Waals surface area contributed by atoms with Crippen molar-refractivity contribution in [3.8, 4) is 0 Å². The maximum Gasteiger partial charge on any atom is 0.170 e. The first-order chi connectivity index (χ1) is 11.1. The smallest absolute Gasteiger partial charge is 0.170 e. The third kappa shape index (κ3) is 5.44. The highest BCUT2D eigenvalue weighted by molar-refractivity contribution is 7.98. The average molecular weight is 356 g/mol. The van der Waals surface area contributed by atoms with Gasteiger partial charge in [-0.3, -0.25) is 0 Å². The van der Waals surface area contributed by atoms with E-state index in [-0.39, 0.29) is 16.6 Å². The molecule has 0 aliphatic rings. The SMILES string of the molecule is Fc1ccccc1CSCCNC(=S)Nc1c(F)cccc1F. The molecule has 0 unspecified atom stereocenters. The van der Waals surface area contributed by atoms with E-state index >= 15 is 0 Å². The van der Waals surface area contributed by atoms with Gasteiger partial charge in [-0.15, -0.1) is 0 Å². The minimum Gasteiger partial charge on any atom is -0.362 e. The topological polar surface area (TPSA) is 24.1 Å². The van der Waals surface area contributed by atoms with Crippen LogP contribution < -0.4 is 10.6 Å². The van der Waals surface area contributed by atoms with Crippen LogP contribution >= 0.6 is 24.0 Å². The maximum absolute atomic E-state index is 13.4. The summed E-state index contributed by atoms with van der Waals surface area (Å²) in [4.78, 5) is 0. The Bertz CT molecular complexity index is 660. The summed E-state index contributed by atoms with van der Waals surface area (Å²) in [6, 6.07) is 10.2. The molecule has 0 aliphatic heterocycles. The first-order valence-corrected chi connectivity index (χ1v) is 8.44. The van der Waals surface area contributed by atoms with Crippen molar-refractivity contribution in [1.82, 2.24) is 5.32 Å². The minimum absolute atomic E-state index is 0.139. The van der Waals surface area contributed by atoms with Crippen LogP contribution in [-0.4, -0.2) is 17.4 Å². The molecule has 122 valence electrons. The lowest BCUT2D eigenvalue weighted by Gasteiger charge is -2.11. The number of nitrogens with one attached hydrogen (secondary N) is 2. The Morgan fingerprint density at radius 2 is 1.61 bits per heavy atom. The van der Waals surface area contributed by atoms with Gasteiger partial charge < -0.3 is 10.6 Å². The second-order valence-corrected chi connectivity index (χ2v) is 6.13. The summed E-state index contributed by atoms with van der Waals surface area (Å²) in [6.07, 6.45) is 0. The fourth-order valence-electron chi connectivity index (χ4n) is 1.81. The van der Waals surface area contributed by atoms with Crippen LogP contribution in [0, 0.1) is 17.5 Å². The normalized spacial score (nSPS) is 10.4. The van der Waals surface area contributed by atoms with Crippen molar-refractivity contribution in [1.29, 1.82) is 0 Å². The number of hydrogen-bond donors (Lipinski definition) is 2. The number of benzene rings is 2. The molecule has 2 nitrogen and oxygen atoms in total. The molecule has 0 radical (unpaired) electrons. The minimum atomic E-state index is -0.705. The molecule has 0 aromatic heterocycles. The van der Waals surface area contributed by atoms with Crippen molar-refractivity contribution in [2.24, 2.45) is 0 Å². The van der Waals surface area contributed by atoms with Crippen molar-refractivity contribution >= 4 is 34.8 Å². The highest BCUT2D eigenvalue weighted by Crippen LogP contribution is 2.18. The number of hydrogen-bond acceptors (Lipinski definition) is 2. The molecule has 0 amide bonds. The number of anilines is 1. The Morgan fingerprint density at radius 1 is 0.957 bits per heavy atom. The maximum atomic E-state index is 13.4. The fraction of sp³-hybridized carbons (Fsp3) is 0.188. The third-order valence-corrected chi connectivity index (χ3v) is 4.20. The van der Waals surface area contributed by atoms with Crippen LogP contribution in [-0.2, 0) is 5.75 Å². The molecule has 23 heavy (non-hydrogen) atoms. The molecule has 2 N–H and O–H groups in total. The molecular weight excluding hydrogens is 341 g/mol. The predicted octanol–water partition coefficient (Wildman–Crippen LogP) is 4.32. The van der Waals surface area contributed by atoms with E-state index in [0.717, 1.165) is 12.1 Å². The van der Waals surface area contributed by atoms with Gasteiger partial charge in [0.15, 0.2) is 5.11 Å². The molecular formula is C16H15F3N2S2. The Morgan fingerprint density at radius 3 is 2.30 bits per heavy atom. The molecule has 2 aromatic carbocycles. The number of thiocarbonyl (C=S) groups is 1. The van der Waals surface area contributed by atoms with Gasteiger partial charge in [0.2, 0.25) is 0 Å². The van der Waals surface area contributed by atoms with Crippen LogP contribution in [0.2, 0.25) is 0 Å². The van der Waals surface area contributed by atoms with Crippen LogP contribution in [0.25, 0.3) is 0 Å². The molecule has 0 atom stereocenters. The van der Waals surface area contributed by atoms with E-state index in [9.17, 15) is 13.2 Å². The molecule has 0 heterocycles. The second-order valence-electron chi connectivity index (χ2n) is 4.62. The molecule has 2 aromatic rings. The summed E-state index contributed by atoms with van der Waals surface area (Å²) in [5.74, 6) is -0.404. The molecule has 0 saturated carbocycles. The first kappa shape index (κ1) is 17.6. The lowest BCUT2D eigenvalue weighted by molar-refractivity contribution is 0.591. The standard InChI is InChI=1S/C16H15F3N2S2/c17-12-5-2-1-4-11(12)10-23-9-8-20-16(22)21-15-13(18)6-3-7-14(15)19/h1-7H,8-10H2,(H2,20,21,22). The Balaban J connectivity index is 1.70. The number of rotatable bonds is 6. The van der Waals surface area contributed by atoms with E-state index < -0.39 is 11.6 Å². The van der Waals surface area contributed by atoms with Crippen LogP contribution in [0.3, 0.4) is 0 Å². The molecule has 0 bridgehead atoms. The lowest BCUT2D eigenvalue weighted by atomic mass is 10.2. The fourth-order valence-corrected chi connectivity index (χ4v) is 2.86. The Kier molecular flexibility index (Phi) is 6.73. The van der Waals surface area contributed by atoms with E-state index in [1.54, 1.807) is 18.2 Å². The van der Waals surface area contributed by atoms with Gasteiger partial charge in [0.25, 0.3) is 0 Å². The first-order valence-electron chi connectivity index (χ1n) is 6.88. The summed E-state index contributed by atoms with van der Waals surface area (Å²) >= 11 is 6.53. The highest BCUT2D eigenvalue weighted by Gasteiger charge is 2.09. The zero-order valence-corrected chi connectivity index (χ0v) is 13.7. The number of para-hydroxylation sites is 1. The quantitative estimate of drug-likeness (QED) is 0.594. The van der Waals surface area contributed by atoms with Gasteiger partial charge in [0.1, 0.15) is 23.1 Å². The van der Waals surface area contributed by atoms with E-state index in [4.69, 9.17) is 12.2 Å². The molecule has 2 rings (SSSR count).